The summed E-state index contributed by atoms with van der Waals surface area (Å²) in [5, 5.41) is 1.11. The van der Waals surface area contributed by atoms with Crippen LogP contribution in [0.1, 0.15) is 36.4 Å². The number of nitrogens with two attached hydrogens (primary N) is 1. The lowest BCUT2D eigenvalue weighted by Gasteiger charge is -2.39. The Morgan fingerprint density at radius 2 is 2.20 bits per heavy atom. The zero-order valence-corrected chi connectivity index (χ0v) is 14.1. The van der Waals surface area contributed by atoms with Crippen LogP contribution in [0.5, 0.6) is 0 Å². The lowest BCUT2D eigenvalue weighted by Crippen LogP contribution is -2.39. The highest BCUT2D eigenvalue weighted by atomic mass is 32.2. The lowest BCUT2D eigenvalue weighted by atomic mass is 9.84. The van der Waals surface area contributed by atoms with E-state index in [0.717, 1.165) is 23.0 Å². The molecule has 2 N–H and O–H groups in total. The van der Waals surface area contributed by atoms with Crippen molar-refractivity contribution in [1.29, 1.82) is 0 Å². The number of methoxy groups -OCH3 is 1. The van der Waals surface area contributed by atoms with E-state index in [4.69, 9.17) is 10.5 Å². The predicted octanol–water partition coefficient (Wildman–Crippen LogP) is 3.47. The number of thioether (sulfide) groups is 1. The molecule has 1 aliphatic rings. The van der Waals surface area contributed by atoms with Crippen LogP contribution in [0.4, 0.5) is 10.7 Å². The summed E-state index contributed by atoms with van der Waals surface area (Å²) in [5.41, 5.74) is 6.99. The van der Waals surface area contributed by atoms with Gasteiger partial charge in [-0.05, 0) is 24.5 Å². The first kappa shape index (κ1) is 15.5. The van der Waals surface area contributed by atoms with Crippen LogP contribution in [0.15, 0.2) is 4.90 Å². The molecule has 0 unspecified atom stereocenters. The summed E-state index contributed by atoms with van der Waals surface area (Å²) in [4.78, 5) is 15.7. The molecule has 20 heavy (non-hydrogen) atoms. The van der Waals surface area contributed by atoms with Crippen molar-refractivity contribution >= 4 is 39.8 Å². The molecule has 0 spiro atoms. The Labute approximate surface area is 128 Å². The minimum atomic E-state index is -0.342. The maximum atomic E-state index is 11.8. The molecule has 1 saturated heterocycles. The average molecular weight is 314 g/mol. The van der Waals surface area contributed by atoms with E-state index in [1.165, 1.54) is 31.3 Å². The summed E-state index contributed by atoms with van der Waals surface area (Å²) in [6.45, 7) is 6.60. The van der Waals surface area contributed by atoms with Crippen molar-refractivity contribution < 1.29 is 9.53 Å². The second kappa shape index (κ2) is 5.85. The van der Waals surface area contributed by atoms with E-state index in [9.17, 15) is 4.79 Å². The third-order valence-corrected chi connectivity index (χ3v) is 5.84. The summed E-state index contributed by atoms with van der Waals surface area (Å²) >= 11 is 3.06. The van der Waals surface area contributed by atoms with Gasteiger partial charge in [-0.3, -0.25) is 0 Å². The number of thiophene rings is 1. The molecule has 1 aliphatic heterocycles. The number of hydrogen-bond acceptors (Lipinski definition) is 6. The van der Waals surface area contributed by atoms with E-state index in [2.05, 4.69) is 18.7 Å². The van der Waals surface area contributed by atoms with Gasteiger partial charge in [-0.15, -0.1) is 23.1 Å². The molecule has 112 valence electrons. The zero-order valence-electron chi connectivity index (χ0n) is 12.5. The van der Waals surface area contributed by atoms with Crippen LogP contribution in [0.3, 0.4) is 0 Å². The molecule has 2 rings (SSSR count). The number of nitrogens with zero attached hydrogens (tertiary/aromatic N) is 1. The largest absolute Gasteiger partial charge is 0.465 e. The van der Waals surface area contributed by atoms with Gasteiger partial charge in [0.2, 0.25) is 0 Å². The molecular formula is C14H22N2O2S2. The third kappa shape index (κ3) is 2.91. The monoisotopic (exact) mass is 314 g/mol. The van der Waals surface area contributed by atoms with Crippen LogP contribution >= 0.6 is 23.1 Å². The van der Waals surface area contributed by atoms with E-state index in [1.54, 1.807) is 11.8 Å². The number of carbonyl (C=O) groups excluding carboxylic acids is 1. The van der Waals surface area contributed by atoms with Crippen molar-refractivity contribution in [2.24, 2.45) is 5.41 Å². The summed E-state index contributed by atoms with van der Waals surface area (Å²) in [7, 11) is 1.39. The van der Waals surface area contributed by atoms with Crippen molar-refractivity contribution in [2.45, 2.75) is 31.6 Å². The number of carbonyl (C=O) groups is 1. The molecule has 4 nitrogen and oxygen atoms in total. The molecule has 1 aromatic rings. The van der Waals surface area contributed by atoms with Crippen molar-refractivity contribution in [3.05, 3.63) is 4.88 Å². The predicted molar refractivity (Wildman–Crippen MR) is 87.1 cm³/mol. The van der Waals surface area contributed by atoms with Gasteiger partial charge in [0.1, 0.15) is 9.88 Å². The summed E-state index contributed by atoms with van der Waals surface area (Å²) in [6, 6.07) is 0. The minimum Gasteiger partial charge on any atom is -0.465 e. The van der Waals surface area contributed by atoms with E-state index < -0.39 is 0 Å². The first-order valence-electron chi connectivity index (χ1n) is 6.69. The Morgan fingerprint density at radius 1 is 1.50 bits per heavy atom. The average Bonchev–Trinajstić information content (AvgIpc) is 2.73. The Bertz CT molecular complexity index is 512. The topological polar surface area (TPSA) is 55.6 Å². The van der Waals surface area contributed by atoms with E-state index >= 15 is 0 Å². The lowest BCUT2D eigenvalue weighted by molar-refractivity contribution is 0.0607. The first-order chi connectivity index (χ1) is 9.39. The van der Waals surface area contributed by atoms with Gasteiger partial charge in [-0.2, -0.15) is 0 Å². The van der Waals surface area contributed by atoms with Crippen LogP contribution in [-0.4, -0.2) is 32.4 Å². The highest BCUT2D eigenvalue weighted by Gasteiger charge is 2.31. The molecule has 0 saturated carbocycles. The zero-order chi connectivity index (χ0) is 14.9. The van der Waals surface area contributed by atoms with E-state index in [1.807, 2.05) is 6.26 Å². The maximum absolute atomic E-state index is 11.8. The summed E-state index contributed by atoms with van der Waals surface area (Å²) in [5.74, 6) is -0.342. The smallest absolute Gasteiger partial charge is 0.350 e. The van der Waals surface area contributed by atoms with Crippen LogP contribution in [0.2, 0.25) is 0 Å². The van der Waals surface area contributed by atoms with Gasteiger partial charge in [0.25, 0.3) is 0 Å². The molecule has 2 heterocycles. The number of hydrogen-bond donors (Lipinski definition) is 1. The second-order valence-corrected chi connectivity index (χ2v) is 7.68. The van der Waals surface area contributed by atoms with Crippen molar-refractivity contribution in [3.63, 3.8) is 0 Å². The molecule has 0 atom stereocenters. The van der Waals surface area contributed by atoms with Crippen LogP contribution in [0.25, 0.3) is 0 Å². The molecule has 1 fully saturated rings. The van der Waals surface area contributed by atoms with Crippen molar-refractivity contribution in [2.75, 3.05) is 37.1 Å². The fourth-order valence-corrected chi connectivity index (χ4v) is 4.79. The molecular weight excluding hydrogens is 292 g/mol. The quantitative estimate of drug-likeness (QED) is 0.684. The fraction of sp³-hybridized carbons (Fsp3) is 0.643. The van der Waals surface area contributed by atoms with E-state index in [-0.39, 0.29) is 5.97 Å². The Kier molecular flexibility index (Phi) is 4.54. The molecule has 0 bridgehead atoms. The van der Waals surface area contributed by atoms with Gasteiger partial charge in [0.15, 0.2) is 0 Å². The van der Waals surface area contributed by atoms with Gasteiger partial charge in [0.05, 0.1) is 17.7 Å². The molecule has 0 radical (unpaired) electrons. The van der Waals surface area contributed by atoms with Gasteiger partial charge < -0.3 is 15.4 Å². The number of nitrogen functional groups attached to an aromatic ring is 1. The number of rotatable bonds is 3. The van der Waals surface area contributed by atoms with E-state index in [0.29, 0.717) is 16.0 Å². The number of ether oxygens (including phenoxy) is 1. The summed E-state index contributed by atoms with van der Waals surface area (Å²) < 4.78 is 4.82. The highest BCUT2D eigenvalue weighted by Crippen LogP contribution is 2.46. The molecule has 0 amide bonds. The van der Waals surface area contributed by atoms with Crippen LogP contribution in [-0.2, 0) is 4.74 Å². The van der Waals surface area contributed by atoms with Gasteiger partial charge >= 0.3 is 5.97 Å². The SMILES string of the molecule is COC(=O)c1sc(N2CCCC(C)(C)C2)c(SC)c1N. The number of esters is 1. The normalized spacial score (nSPS) is 18.1. The van der Waals surface area contributed by atoms with Crippen LogP contribution in [0, 0.1) is 5.41 Å². The van der Waals surface area contributed by atoms with Gasteiger partial charge in [-0.1, -0.05) is 13.8 Å². The van der Waals surface area contributed by atoms with Crippen molar-refractivity contribution in [3.8, 4) is 0 Å². The Balaban J connectivity index is 2.38. The second-order valence-electron chi connectivity index (χ2n) is 5.86. The van der Waals surface area contributed by atoms with Gasteiger partial charge in [0, 0.05) is 13.1 Å². The van der Waals surface area contributed by atoms with Gasteiger partial charge in [-0.25, -0.2) is 4.79 Å². The molecule has 6 heteroatoms. The number of piperidine rings is 1. The maximum Gasteiger partial charge on any atom is 0.350 e. The first-order valence-corrected chi connectivity index (χ1v) is 8.73. The number of anilines is 2. The molecule has 0 aliphatic carbocycles. The molecule has 1 aromatic heterocycles. The third-order valence-electron chi connectivity index (χ3n) is 3.64. The minimum absolute atomic E-state index is 0.304. The Morgan fingerprint density at radius 3 is 2.75 bits per heavy atom. The fourth-order valence-electron chi connectivity index (χ4n) is 2.66. The molecule has 0 aromatic carbocycles. The van der Waals surface area contributed by atoms with Crippen LogP contribution < -0.4 is 10.6 Å². The van der Waals surface area contributed by atoms with Crippen molar-refractivity contribution in [1.82, 2.24) is 0 Å². The standard InChI is InChI=1S/C14H22N2O2S2/c1-14(2)6-5-7-16(8-14)12-10(19-4)9(15)11(20-12)13(17)18-3/h5-8,15H2,1-4H3. The highest BCUT2D eigenvalue weighted by molar-refractivity contribution is 7.99. The Hall–Kier alpha value is -0.880. The summed E-state index contributed by atoms with van der Waals surface area (Å²) in [6.07, 6.45) is 4.41.